The lowest BCUT2D eigenvalue weighted by atomic mass is 9.96. The number of hydrogen-bond donors (Lipinski definition) is 1. The zero-order valence-electron chi connectivity index (χ0n) is 11.0. The Morgan fingerprint density at radius 3 is 2.44 bits per heavy atom. The maximum absolute atomic E-state index is 3.46. The summed E-state index contributed by atoms with van der Waals surface area (Å²) >= 11 is 0. The average molecular weight is 237 g/mol. The molecule has 0 amide bonds. The van der Waals surface area contributed by atoms with E-state index < -0.39 is 0 Å². The number of rotatable bonds is 3. The molecule has 3 rings (SSSR count). The van der Waals surface area contributed by atoms with Gasteiger partial charge in [-0.05, 0) is 55.1 Å². The summed E-state index contributed by atoms with van der Waals surface area (Å²) in [6.45, 7) is 2.17. The summed E-state index contributed by atoms with van der Waals surface area (Å²) in [5.74, 6) is 0. The molecule has 0 aromatic heterocycles. The monoisotopic (exact) mass is 237 g/mol. The van der Waals surface area contributed by atoms with Gasteiger partial charge in [-0.25, -0.2) is 0 Å². The van der Waals surface area contributed by atoms with Gasteiger partial charge >= 0.3 is 0 Å². The van der Waals surface area contributed by atoms with Crippen LogP contribution in [0.15, 0.2) is 48.5 Å². The van der Waals surface area contributed by atoms with Crippen molar-refractivity contribution < 1.29 is 0 Å². The highest BCUT2D eigenvalue weighted by Gasteiger charge is 2.42. The first-order valence-electron chi connectivity index (χ1n) is 6.61. The van der Waals surface area contributed by atoms with Gasteiger partial charge in [0.1, 0.15) is 0 Å². The lowest BCUT2D eigenvalue weighted by Gasteiger charge is -2.16. The van der Waals surface area contributed by atoms with E-state index in [1.54, 1.807) is 0 Å². The second-order valence-electron chi connectivity index (χ2n) is 5.23. The number of hydrogen-bond acceptors (Lipinski definition) is 1. The van der Waals surface area contributed by atoms with E-state index in [-0.39, 0.29) is 5.54 Å². The first-order chi connectivity index (χ1) is 8.75. The Balaban J connectivity index is 2.04. The molecule has 0 saturated heterocycles. The van der Waals surface area contributed by atoms with E-state index in [1.807, 2.05) is 0 Å². The van der Waals surface area contributed by atoms with Crippen LogP contribution >= 0.6 is 0 Å². The molecule has 1 nitrogen and oxygen atoms in total. The topological polar surface area (TPSA) is 12.0 Å². The molecule has 0 aliphatic heterocycles. The normalized spacial score (nSPS) is 16.6. The molecular weight excluding hydrogens is 218 g/mol. The molecule has 0 heterocycles. The Labute approximate surface area is 109 Å². The smallest absolute Gasteiger partial charge is 0.0434 e. The van der Waals surface area contributed by atoms with Crippen LogP contribution in [0, 0.1) is 6.92 Å². The molecule has 0 unspecified atom stereocenters. The molecule has 0 bridgehead atoms. The predicted molar refractivity (Wildman–Crippen MR) is 76.6 cm³/mol. The third-order valence-electron chi connectivity index (χ3n) is 4.10. The third-order valence-corrected chi connectivity index (χ3v) is 4.10. The van der Waals surface area contributed by atoms with Gasteiger partial charge in [-0.2, -0.15) is 0 Å². The van der Waals surface area contributed by atoms with Crippen LogP contribution in [-0.4, -0.2) is 7.05 Å². The van der Waals surface area contributed by atoms with E-state index in [0.717, 1.165) is 0 Å². The fourth-order valence-electron chi connectivity index (χ4n) is 2.69. The van der Waals surface area contributed by atoms with Crippen molar-refractivity contribution in [2.45, 2.75) is 25.3 Å². The first kappa shape index (κ1) is 11.5. The molecule has 1 aliphatic rings. The molecule has 1 heteroatoms. The van der Waals surface area contributed by atoms with Crippen molar-refractivity contribution in [1.29, 1.82) is 0 Å². The summed E-state index contributed by atoms with van der Waals surface area (Å²) in [6.07, 6.45) is 2.50. The Morgan fingerprint density at radius 2 is 1.78 bits per heavy atom. The van der Waals surface area contributed by atoms with Crippen molar-refractivity contribution in [3.8, 4) is 11.1 Å². The zero-order valence-corrected chi connectivity index (χ0v) is 11.0. The van der Waals surface area contributed by atoms with Crippen LogP contribution < -0.4 is 5.32 Å². The van der Waals surface area contributed by atoms with E-state index in [1.165, 1.54) is 35.1 Å². The molecule has 0 atom stereocenters. The average Bonchev–Trinajstić information content (AvgIpc) is 3.20. The predicted octanol–water partition coefficient (Wildman–Crippen LogP) is 3.87. The van der Waals surface area contributed by atoms with Crippen molar-refractivity contribution in [2.75, 3.05) is 7.05 Å². The van der Waals surface area contributed by atoms with Crippen LogP contribution in [0.3, 0.4) is 0 Å². The van der Waals surface area contributed by atoms with Crippen molar-refractivity contribution in [3.05, 3.63) is 59.7 Å². The van der Waals surface area contributed by atoms with Crippen LogP contribution in [0.4, 0.5) is 0 Å². The lowest BCUT2D eigenvalue weighted by Crippen LogP contribution is -2.24. The van der Waals surface area contributed by atoms with Crippen molar-refractivity contribution in [1.82, 2.24) is 5.32 Å². The SMILES string of the molecule is CNC1(c2cccc(-c3ccccc3C)c2)CC1. The number of benzene rings is 2. The Kier molecular flexibility index (Phi) is 2.71. The van der Waals surface area contributed by atoms with E-state index in [2.05, 4.69) is 67.8 Å². The molecule has 1 saturated carbocycles. The summed E-state index contributed by atoms with van der Waals surface area (Å²) in [5, 5.41) is 3.46. The maximum atomic E-state index is 3.46. The van der Waals surface area contributed by atoms with E-state index in [0.29, 0.717) is 0 Å². The van der Waals surface area contributed by atoms with Crippen LogP contribution in [-0.2, 0) is 5.54 Å². The molecule has 2 aromatic carbocycles. The largest absolute Gasteiger partial charge is 0.310 e. The highest BCUT2D eigenvalue weighted by atomic mass is 15.0. The van der Waals surface area contributed by atoms with Crippen LogP contribution in [0.25, 0.3) is 11.1 Å². The summed E-state index contributed by atoms with van der Waals surface area (Å²) in [5.41, 5.74) is 5.67. The molecule has 1 fully saturated rings. The Hall–Kier alpha value is -1.60. The van der Waals surface area contributed by atoms with Crippen molar-refractivity contribution >= 4 is 0 Å². The standard InChI is InChI=1S/C17H19N/c1-13-6-3-4-9-16(13)14-7-5-8-15(12-14)17(18-2)10-11-17/h3-9,12,18H,10-11H2,1-2H3. The molecule has 1 aliphatic carbocycles. The molecule has 2 aromatic rings. The summed E-state index contributed by atoms with van der Waals surface area (Å²) in [7, 11) is 2.06. The first-order valence-corrected chi connectivity index (χ1v) is 6.61. The highest BCUT2D eigenvalue weighted by molar-refractivity contribution is 5.68. The second kappa shape index (κ2) is 4.25. The van der Waals surface area contributed by atoms with E-state index >= 15 is 0 Å². The van der Waals surface area contributed by atoms with Gasteiger partial charge in [0.2, 0.25) is 0 Å². The van der Waals surface area contributed by atoms with E-state index in [4.69, 9.17) is 0 Å². The highest BCUT2D eigenvalue weighted by Crippen LogP contribution is 2.45. The third kappa shape index (κ3) is 1.85. The Morgan fingerprint density at radius 1 is 1.00 bits per heavy atom. The Bertz CT molecular complexity index is 567. The maximum Gasteiger partial charge on any atom is 0.0434 e. The van der Waals surface area contributed by atoms with Gasteiger partial charge in [0, 0.05) is 5.54 Å². The summed E-state index contributed by atoms with van der Waals surface area (Å²) < 4.78 is 0. The fourth-order valence-corrected chi connectivity index (χ4v) is 2.69. The molecule has 1 N–H and O–H groups in total. The van der Waals surface area contributed by atoms with Gasteiger partial charge in [-0.3, -0.25) is 0 Å². The minimum atomic E-state index is 0.249. The van der Waals surface area contributed by atoms with Crippen LogP contribution in [0.1, 0.15) is 24.0 Å². The van der Waals surface area contributed by atoms with Crippen molar-refractivity contribution in [3.63, 3.8) is 0 Å². The number of aryl methyl sites for hydroxylation is 1. The zero-order chi connectivity index (χ0) is 12.6. The molecule has 18 heavy (non-hydrogen) atoms. The van der Waals surface area contributed by atoms with Gasteiger partial charge in [-0.1, -0.05) is 42.5 Å². The van der Waals surface area contributed by atoms with Crippen LogP contribution in [0.2, 0.25) is 0 Å². The second-order valence-corrected chi connectivity index (χ2v) is 5.23. The van der Waals surface area contributed by atoms with Crippen molar-refractivity contribution in [2.24, 2.45) is 0 Å². The molecule has 0 spiro atoms. The van der Waals surface area contributed by atoms with Gasteiger partial charge in [-0.15, -0.1) is 0 Å². The van der Waals surface area contributed by atoms with Gasteiger partial charge in [0.25, 0.3) is 0 Å². The lowest BCUT2D eigenvalue weighted by molar-refractivity contribution is 0.586. The summed E-state index contributed by atoms with van der Waals surface area (Å²) in [6, 6.07) is 17.5. The van der Waals surface area contributed by atoms with E-state index in [9.17, 15) is 0 Å². The van der Waals surface area contributed by atoms with Gasteiger partial charge in [0.05, 0.1) is 0 Å². The minimum Gasteiger partial charge on any atom is -0.310 e. The quantitative estimate of drug-likeness (QED) is 0.854. The molecular formula is C17H19N. The molecule has 0 radical (unpaired) electrons. The van der Waals surface area contributed by atoms with Gasteiger partial charge < -0.3 is 5.32 Å². The molecule has 92 valence electrons. The van der Waals surface area contributed by atoms with Gasteiger partial charge in [0.15, 0.2) is 0 Å². The van der Waals surface area contributed by atoms with Crippen LogP contribution in [0.5, 0.6) is 0 Å². The number of nitrogens with one attached hydrogen (secondary N) is 1. The fraction of sp³-hybridized carbons (Fsp3) is 0.294. The summed E-state index contributed by atoms with van der Waals surface area (Å²) in [4.78, 5) is 0. The minimum absolute atomic E-state index is 0.249.